The van der Waals surface area contributed by atoms with Gasteiger partial charge in [-0.2, -0.15) is 5.10 Å². The van der Waals surface area contributed by atoms with Gasteiger partial charge in [0.1, 0.15) is 5.75 Å². The van der Waals surface area contributed by atoms with E-state index in [1.165, 1.54) is 16.0 Å². The van der Waals surface area contributed by atoms with Crippen LogP contribution in [-0.2, 0) is 22.7 Å². The molecular weight excluding hydrogens is 404 g/mol. The van der Waals surface area contributed by atoms with Crippen LogP contribution >= 0.6 is 22.9 Å². The highest BCUT2D eigenvalue weighted by Gasteiger charge is 2.14. The molecule has 8 nitrogen and oxygen atoms in total. The smallest absolute Gasteiger partial charge is 0.311 e. The first-order chi connectivity index (χ1) is 13.5. The molecule has 1 aromatic carbocycles. The van der Waals surface area contributed by atoms with Gasteiger partial charge >= 0.3 is 5.97 Å². The molecule has 0 atom stereocenters. The van der Waals surface area contributed by atoms with Crippen LogP contribution in [0.2, 0.25) is 5.02 Å². The summed E-state index contributed by atoms with van der Waals surface area (Å²) in [7, 11) is 0. The molecule has 1 amide bonds. The number of nitrogens with one attached hydrogen (secondary N) is 1. The maximum absolute atomic E-state index is 12.3. The summed E-state index contributed by atoms with van der Waals surface area (Å²) < 4.78 is 11.9. The minimum absolute atomic E-state index is 0.0663. The summed E-state index contributed by atoms with van der Waals surface area (Å²) in [5.41, 5.74) is 0.766. The van der Waals surface area contributed by atoms with Crippen LogP contribution in [0, 0.1) is 0 Å². The molecule has 10 heteroatoms. The van der Waals surface area contributed by atoms with E-state index in [4.69, 9.17) is 21.1 Å². The first-order valence-corrected chi connectivity index (χ1v) is 9.62. The van der Waals surface area contributed by atoms with Crippen molar-refractivity contribution in [1.29, 1.82) is 0 Å². The number of hydrogen-bond acceptors (Lipinski definition) is 7. The number of anilines is 1. The Morgan fingerprint density at radius 1 is 1.25 bits per heavy atom. The van der Waals surface area contributed by atoms with Crippen molar-refractivity contribution >= 4 is 39.9 Å². The van der Waals surface area contributed by atoms with E-state index >= 15 is 0 Å². The van der Waals surface area contributed by atoms with Crippen LogP contribution in [0.4, 0.5) is 5.13 Å². The van der Waals surface area contributed by atoms with Gasteiger partial charge in [0.15, 0.2) is 17.6 Å². The molecule has 28 heavy (non-hydrogen) atoms. The molecule has 146 valence electrons. The number of aromatic nitrogens is 3. The van der Waals surface area contributed by atoms with Gasteiger partial charge in [0.05, 0.1) is 18.7 Å². The molecule has 0 bridgehead atoms. The highest BCUT2D eigenvalue weighted by atomic mass is 35.5. The van der Waals surface area contributed by atoms with Gasteiger partial charge in [-0.1, -0.05) is 11.6 Å². The second-order valence-electron chi connectivity index (χ2n) is 5.55. The third-order valence-corrected chi connectivity index (χ3v) is 4.51. The van der Waals surface area contributed by atoms with Crippen molar-refractivity contribution in [3.63, 3.8) is 0 Å². The molecule has 0 aliphatic carbocycles. The first kappa shape index (κ1) is 19.8. The lowest BCUT2D eigenvalue weighted by atomic mass is 10.3. The highest BCUT2D eigenvalue weighted by Crippen LogP contribution is 2.18. The average Bonchev–Trinajstić information content (AvgIpc) is 3.31. The monoisotopic (exact) mass is 420 g/mol. The number of esters is 1. The van der Waals surface area contributed by atoms with E-state index in [1.54, 1.807) is 48.8 Å². The van der Waals surface area contributed by atoms with Crippen LogP contribution in [0.5, 0.6) is 5.75 Å². The van der Waals surface area contributed by atoms with Crippen molar-refractivity contribution in [1.82, 2.24) is 14.8 Å². The Hall–Kier alpha value is -2.91. The molecule has 0 saturated heterocycles. The Bertz CT molecular complexity index is 955. The van der Waals surface area contributed by atoms with Crippen LogP contribution in [0.3, 0.4) is 0 Å². The summed E-state index contributed by atoms with van der Waals surface area (Å²) in [4.78, 5) is 28.0. The minimum atomic E-state index is -0.401. The zero-order chi connectivity index (χ0) is 19.9. The molecule has 2 heterocycles. The molecule has 3 aromatic rings. The highest BCUT2D eigenvalue weighted by molar-refractivity contribution is 7.14. The molecular formula is C18H17ClN4O4S. The third-order valence-electron chi connectivity index (χ3n) is 3.45. The van der Waals surface area contributed by atoms with Crippen molar-refractivity contribution in [2.24, 2.45) is 0 Å². The number of rotatable bonds is 8. The Morgan fingerprint density at radius 3 is 2.79 bits per heavy atom. The van der Waals surface area contributed by atoms with Crippen molar-refractivity contribution in [2.45, 2.75) is 20.1 Å². The molecule has 2 aromatic heterocycles. The number of ether oxygens (including phenoxy) is 2. The topological polar surface area (TPSA) is 95.3 Å². The average molecular weight is 421 g/mol. The number of benzene rings is 1. The fourth-order valence-electron chi connectivity index (χ4n) is 2.19. The number of halogens is 1. The van der Waals surface area contributed by atoms with Crippen LogP contribution in [0.15, 0.2) is 41.9 Å². The van der Waals surface area contributed by atoms with Crippen LogP contribution in [0.1, 0.15) is 23.1 Å². The van der Waals surface area contributed by atoms with Gasteiger partial charge in [-0.15, -0.1) is 11.3 Å². The Kier molecular flexibility index (Phi) is 6.62. The summed E-state index contributed by atoms with van der Waals surface area (Å²) in [6.07, 6.45) is 1.70. The Labute approximate surface area is 170 Å². The molecule has 0 unspecified atom stereocenters. The number of hydrogen-bond donors (Lipinski definition) is 1. The lowest BCUT2D eigenvalue weighted by molar-refractivity contribution is -0.142. The van der Waals surface area contributed by atoms with Gasteiger partial charge in [-0.3, -0.25) is 14.9 Å². The van der Waals surface area contributed by atoms with Gasteiger partial charge in [0.25, 0.3) is 5.91 Å². The van der Waals surface area contributed by atoms with Gasteiger partial charge < -0.3 is 9.47 Å². The van der Waals surface area contributed by atoms with E-state index in [0.29, 0.717) is 28.2 Å². The lowest BCUT2D eigenvalue weighted by Gasteiger charge is -2.05. The summed E-state index contributed by atoms with van der Waals surface area (Å²) in [5.74, 6) is -0.116. The first-order valence-electron chi connectivity index (χ1n) is 8.36. The molecule has 0 saturated carbocycles. The number of carbonyl (C=O) groups excluding carboxylic acids is 2. The summed E-state index contributed by atoms with van der Waals surface area (Å²) >= 11 is 7.06. The fraction of sp³-hybridized carbons (Fsp3) is 0.222. The lowest BCUT2D eigenvalue weighted by Crippen LogP contribution is -2.14. The van der Waals surface area contributed by atoms with Crippen LogP contribution in [-0.4, -0.2) is 33.2 Å². The second kappa shape index (κ2) is 9.34. The van der Waals surface area contributed by atoms with Crippen molar-refractivity contribution < 1.29 is 19.1 Å². The fourth-order valence-corrected chi connectivity index (χ4v) is 3.02. The summed E-state index contributed by atoms with van der Waals surface area (Å²) in [5, 5.41) is 9.55. The molecule has 0 aliphatic rings. The molecule has 0 radical (unpaired) electrons. The zero-order valence-corrected chi connectivity index (χ0v) is 16.5. The summed E-state index contributed by atoms with van der Waals surface area (Å²) in [6, 6.07) is 8.52. The predicted molar refractivity (Wildman–Crippen MR) is 105 cm³/mol. The van der Waals surface area contributed by atoms with Gasteiger partial charge in [0.2, 0.25) is 0 Å². The SMILES string of the molecule is CCOC(=O)Cc1csc(NC(=O)c2ccn(COc3ccc(Cl)cc3)n2)n1. The van der Waals surface area contributed by atoms with Crippen molar-refractivity contribution in [2.75, 3.05) is 11.9 Å². The van der Waals surface area contributed by atoms with E-state index in [-0.39, 0.29) is 24.8 Å². The van der Waals surface area contributed by atoms with E-state index < -0.39 is 5.91 Å². The van der Waals surface area contributed by atoms with Gasteiger partial charge in [0, 0.05) is 16.6 Å². The van der Waals surface area contributed by atoms with Gasteiger partial charge in [-0.25, -0.2) is 9.67 Å². The van der Waals surface area contributed by atoms with E-state index in [1.807, 2.05) is 0 Å². The summed E-state index contributed by atoms with van der Waals surface area (Å²) in [6.45, 7) is 2.21. The quantitative estimate of drug-likeness (QED) is 0.561. The molecule has 0 aliphatic heterocycles. The minimum Gasteiger partial charge on any atom is -0.471 e. The number of nitrogens with zero attached hydrogens (tertiary/aromatic N) is 3. The molecule has 1 N–H and O–H groups in total. The Balaban J connectivity index is 1.53. The standard InChI is InChI=1S/C18H17ClN4O4S/c1-2-26-16(24)9-13-10-28-18(20-13)21-17(25)15-7-8-23(22-15)11-27-14-5-3-12(19)4-6-14/h3-8,10H,2,9,11H2,1H3,(H,20,21,25). The number of carbonyl (C=O) groups is 2. The van der Waals surface area contributed by atoms with E-state index in [9.17, 15) is 9.59 Å². The van der Waals surface area contributed by atoms with Crippen LogP contribution in [0.25, 0.3) is 0 Å². The molecule has 0 spiro atoms. The number of thiazole rings is 1. The van der Waals surface area contributed by atoms with E-state index in [2.05, 4.69) is 15.4 Å². The largest absolute Gasteiger partial charge is 0.471 e. The van der Waals surface area contributed by atoms with Gasteiger partial charge in [-0.05, 0) is 37.3 Å². The maximum Gasteiger partial charge on any atom is 0.311 e. The second-order valence-corrected chi connectivity index (χ2v) is 6.84. The Morgan fingerprint density at radius 2 is 2.04 bits per heavy atom. The number of amides is 1. The zero-order valence-electron chi connectivity index (χ0n) is 14.9. The van der Waals surface area contributed by atoms with Crippen molar-refractivity contribution in [3.8, 4) is 5.75 Å². The van der Waals surface area contributed by atoms with Crippen LogP contribution < -0.4 is 10.1 Å². The van der Waals surface area contributed by atoms with E-state index in [0.717, 1.165) is 0 Å². The van der Waals surface area contributed by atoms with Crippen molar-refractivity contribution in [3.05, 3.63) is 58.3 Å². The maximum atomic E-state index is 12.3. The molecule has 3 rings (SSSR count). The third kappa shape index (κ3) is 5.54. The normalized spacial score (nSPS) is 10.5. The molecule has 0 fully saturated rings. The predicted octanol–water partition coefficient (Wildman–Crippen LogP) is 3.39.